The predicted molar refractivity (Wildman–Crippen MR) is 130 cm³/mol. The van der Waals surface area contributed by atoms with E-state index in [0.717, 1.165) is 25.1 Å². The zero-order chi connectivity index (χ0) is 24.1. The third kappa shape index (κ3) is 5.00. The zero-order valence-electron chi connectivity index (χ0n) is 19.8. The first kappa shape index (κ1) is 24.0. The molecule has 1 atom stereocenters. The van der Waals surface area contributed by atoms with Gasteiger partial charge in [0.25, 0.3) is 11.7 Å². The van der Waals surface area contributed by atoms with Gasteiger partial charge in [-0.15, -0.1) is 0 Å². The van der Waals surface area contributed by atoms with Gasteiger partial charge in [0, 0.05) is 31.7 Å². The Morgan fingerprint density at radius 1 is 1.06 bits per heavy atom. The number of benzene rings is 2. The van der Waals surface area contributed by atoms with Gasteiger partial charge < -0.3 is 19.5 Å². The highest BCUT2D eigenvalue weighted by Crippen LogP contribution is 2.39. The molecule has 7 heteroatoms. The number of hydrogen-bond donors (Lipinski definition) is 1. The lowest BCUT2D eigenvalue weighted by atomic mass is 9.94. The molecule has 2 aliphatic heterocycles. The van der Waals surface area contributed by atoms with Gasteiger partial charge in [-0.2, -0.15) is 0 Å². The zero-order valence-corrected chi connectivity index (χ0v) is 19.8. The van der Waals surface area contributed by atoms with Gasteiger partial charge in [-0.25, -0.2) is 0 Å². The maximum absolute atomic E-state index is 13.2. The van der Waals surface area contributed by atoms with E-state index in [2.05, 4.69) is 11.8 Å². The predicted octanol–water partition coefficient (Wildman–Crippen LogP) is 3.40. The van der Waals surface area contributed by atoms with Crippen LogP contribution in [0.4, 0.5) is 0 Å². The molecule has 0 spiro atoms. The summed E-state index contributed by atoms with van der Waals surface area (Å²) in [6.45, 7) is 8.39. The van der Waals surface area contributed by atoms with Crippen LogP contribution in [0.5, 0.6) is 5.75 Å². The van der Waals surface area contributed by atoms with Gasteiger partial charge in [-0.05, 0) is 36.6 Å². The molecule has 1 unspecified atom stereocenters. The lowest BCUT2D eigenvalue weighted by molar-refractivity contribution is -0.140. The highest BCUT2D eigenvalue weighted by Gasteiger charge is 2.46. The number of likely N-dealkylation sites (tertiary alicyclic amines) is 1. The van der Waals surface area contributed by atoms with E-state index in [1.807, 2.05) is 31.2 Å². The van der Waals surface area contributed by atoms with Crippen LogP contribution in [0.1, 0.15) is 36.6 Å². The first-order valence-electron chi connectivity index (χ1n) is 11.9. The second-order valence-corrected chi connectivity index (χ2v) is 8.50. The van der Waals surface area contributed by atoms with E-state index in [9.17, 15) is 14.7 Å². The van der Waals surface area contributed by atoms with E-state index in [1.54, 1.807) is 29.2 Å². The first-order chi connectivity index (χ1) is 16.5. The smallest absolute Gasteiger partial charge is 0.295 e. The van der Waals surface area contributed by atoms with E-state index >= 15 is 0 Å². The van der Waals surface area contributed by atoms with Crippen LogP contribution in [0.15, 0.2) is 54.1 Å². The normalized spacial score (nSPS) is 20.6. The van der Waals surface area contributed by atoms with Crippen LogP contribution in [0.2, 0.25) is 0 Å². The van der Waals surface area contributed by atoms with Crippen LogP contribution < -0.4 is 4.74 Å². The van der Waals surface area contributed by atoms with Gasteiger partial charge >= 0.3 is 0 Å². The monoisotopic (exact) mass is 464 g/mol. The van der Waals surface area contributed by atoms with Crippen molar-refractivity contribution in [2.45, 2.75) is 26.3 Å². The van der Waals surface area contributed by atoms with E-state index in [1.165, 1.54) is 5.56 Å². The second kappa shape index (κ2) is 10.8. The molecule has 2 saturated heterocycles. The van der Waals surface area contributed by atoms with Crippen molar-refractivity contribution in [1.29, 1.82) is 0 Å². The second-order valence-electron chi connectivity index (χ2n) is 8.50. The molecule has 0 radical (unpaired) electrons. The van der Waals surface area contributed by atoms with E-state index < -0.39 is 17.7 Å². The molecule has 1 amide bonds. The Morgan fingerprint density at radius 3 is 2.47 bits per heavy atom. The third-order valence-corrected chi connectivity index (χ3v) is 6.42. The molecule has 180 valence electrons. The van der Waals surface area contributed by atoms with Crippen molar-refractivity contribution in [3.63, 3.8) is 0 Å². The summed E-state index contributed by atoms with van der Waals surface area (Å²) in [7, 11) is 0. The lowest BCUT2D eigenvalue weighted by Crippen LogP contribution is -2.42. The molecular formula is C27H32N2O5. The molecule has 2 aromatic rings. The molecule has 0 aromatic heterocycles. The number of ether oxygens (including phenoxy) is 2. The van der Waals surface area contributed by atoms with Crippen LogP contribution >= 0.6 is 0 Å². The van der Waals surface area contributed by atoms with Crippen LogP contribution in [0.25, 0.3) is 5.76 Å². The van der Waals surface area contributed by atoms with Crippen molar-refractivity contribution in [3.8, 4) is 5.75 Å². The quantitative estimate of drug-likeness (QED) is 0.367. The summed E-state index contributed by atoms with van der Waals surface area (Å²) in [4.78, 5) is 30.2. The Balaban J connectivity index is 1.73. The van der Waals surface area contributed by atoms with E-state index in [4.69, 9.17) is 9.47 Å². The number of hydrogen-bond acceptors (Lipinski definition) is 6. The molecule has 7 nitrogen and oxygen atoms in total. The minimum Gasteiger partial charge on any atom is -0.507 e. The molecule has 0 bridgehead atoms. The molecule has 2 heterocycles. The number of rotatable bonds is 8. The van der Waals surface area contributed by atoms with Crippen molar-refractivity contribution in [3.05, 3.63) is 70.8 Å². The van der Waals surface area contributed by atoms with Crippen molar-refractivity contribution in [2.75, 3.05) is 46.0 Å². The van der Waals surface area contributed by atoms with Gasteiger partial charge in [-0.3, -0.25) is 14.5 Å². The lowest BCUT2D eigenvalue weighted by Gasteiger charge is -2.31. The number of carbonyl (C=O) groups excluding carboxylic acids is 2. The first-order valence-corrected chi connectivity index (χ1v) is 11.9. The van der Waals surface area contributed by atoms with Gasteiger partial charge in [0.15, 0.2) is 0 Å². The van der Waals surface area contributed by atoms with Gasteiger partial charge in [0.1, 0.15) is 11.5 Å². The number of aliphatic hydroxyl groups excluding tert-OH is 1. The summed E-state index contributed by atoms with van der Waals surface area (Å²) in [5.74, 6) is -0.832. The number of ketones is 1. The maximum Gasteiger partial charge on any atom is 0.295 e. The summed E-state index contributed by atoms with van der Waals surface area (Å²) in [5, 5.41) is 11.3. The van der Waals surface area contributed by atoms with Crippen LogP contribution in [-0.2, 0) is 20.7 Å². The minimum atomic E-state index is -0.661. The van der Waals surface area contributed by atoms with Crippen LogP contribution in [-0.4, -0.2) is 72.6 Å². The van der Waals surface area contributed by atoms with Crippen LogP contribution in [0, 0.1) is 0 Å². The number of Topliss-reactive ketones (excluding diaryl/α,β-unsaturated/α-hetero) is 1. The third-order valence-electron chi connectivity index (χ3n) is 6.42. The van der Waals surface area contributed by atoms with Crippen molar-refractivity contribution >= 4 is 17.4 Å². The van der Waals surface area contributed by atoms with Crippen LogP contribution in [0.3, 0.4) is 0 Å². The highest BCUT2D eigenvalue weighted by atomic mass is 16.5. The largest absolute Gasteiger partial charge is 0.507 e. The van der Waals surface area contributed by atoms with E-state index in [0.29, 0.717) is 44.2 Å². The van der Waals surface area contributed by atoms with Gasteiger partial charge in [0.2, 0.25) is 0 Å². The Morgan fingerprint density at radius 2 is 1.79 bits per heavy atom. The molecule has 0 aliphatic carbocycles. The summed E-state index contributed by atoms with van der Waals surface area (Å²) >= 11 is 0. The fourth-order valence-corrected chi connectivity index (χ4v) is 4.52. The number of aryl methyl sites for hydroxylation is 1. The van der Waals surface area contributed by atoms with Crippen molar-refractivity contribution in [2.24, 2.45) is 0 Å². The van der Waals surface area contributed by atoms with Crippen molar-refractivity contribution < 1.29 is 24.2 Å². The fraction of sp³-hybridized carbons (Fsp3) is 0.407. The minimum absolute atomic E-state index is 0.116. The number of carbonyl (C=O) groups is 2. The Kier molecular flexibility index (Phi) is 7.65. The average Bonchev–Trinajstić information content (AvgIpc) is 3.13. The summed E-state index contributed by atoms with van der Waals surface area (Å²) < 4.78 is 11.0. The number of amides is 1. The topological polar surface area (TPSA) is 79.3 Å². The molecule has 34 heavy (non-hydrogen) atoms. The van der Waals surface area contributed by atoms with Crippen molar-refractivity contribution in [1.82, 2.24) is 9.80 Å². The standard InChI is InChI=1S/C27H32N2O5/c1-3-19-8-10-20(11-9-19)24-23(25(30)21-6-5-7-22(18-21)34-4-2)26(31)27(32)29(24)13-12-28-14-16-33-17-15-28/h5-11,18,24,30H,3-4,12-17H2,1-2H3. The summed E-state index contributed by atoms with van der Waals surface area (Å²) in [6, 6.07) is 14.2. The maximum atomic E-state index is 13.2. The molecular weight excluding hydrogens is 432 g/mol. The number of nitrogens with zero attached hydrogens (tertiary/aromatic N) is 2. The number of aliphatic hydroxyl groups is 1. The Labute approximate surface area is 200 Å². The van der Waals surface area contributed by atoms with E-state index in [-0.39, 0.29) is 11.3 Å². The highest BCUT2D eigenvalue weighted by molar-refractivity contribution is 6.46. The summed E-state index contributed by atoms with van der Waals surface area (Å²) in [6.07, 6.45) is 0.891. The molecule has 1 N–H and O–H groups in total. The van der Waals surface area contributed by atoms with Gasteiger partial charge in [0.05, 0.1) is 31.4 Å². The SMILES string of the molecule is CCOc1cccc(C(O)=C2C(=O)C(=O)N(CCN3CCOCC3)C2c2ccc(CC)cc2)c1. The Hall–Kier alpha value is -3.16. The fourth-order valence-electron chi connectivity index (χ4n) is 4.52. The van der Waals surface area contributed by atoms with Gasteiger partial charge in [-0.1, -0.05) is 43.3 Å². The molecule has 4 rings (SSSR count). The Bertz CT molecular complexity index is 1060. The average molecular weight is 465 g/mol. The summed E-state index contributed by atoms with van der Waals surface area (Å²) in [5.41, 5.74) is 2.54. The molecule has 0 saturated carbocycles. The molecule has 2 aromatic carbocycles. The number of morpholine rings is 1. The molecule has 2 fully saturated rings. The molecule has 2 aliphatic rings.